The molecule has 0 heterocycles. The molecule has 0 heteroatoms. The third-order valence-corrected chi connectivity index (χ3v) is 2.60. The van der Waals surface area contributed by atoms with Crippen molar-refractivity contribution in [3.63, 3.8) is 0 Å². The molecule has 2 aromatic carbocycles. The van der Waals surface area contributed by atoms with Crippen LogP contribution in [0.3, 0.4) is 0 Å². The summed E-state index contributed by atoms with van der Waals surface area (Å²) < 4.78 is 0. The molecule has 0 aliphatic heterocycles. The Morgan fingerprint density at radius 3 is 1.11 bits per heavy atom. The van der Waals surface area contributed by atoms with Crippen LogP contribution in [-0.2, 0) is 0 Å². The highest BCUT2D eigenvalue weighted by Gasteiger charge is 2.05. The first-order valence-corrected chi connectivity index (χ1v) is 6.98. The predicted molar refractivity (Wildman–Crippen MR) is 83.1 cm³/mol. The van der Waals surface area contributed by atoms with Crippen LogP contribution in [0.4, 0.5) is 0 Å². The Kier molecular flexibility index (Phi) is 9.67. The van der Waals surface area contributed by atoms with Crippen LogP contribution in [0, 0.1) is 0 Å². The number of rotatable bonds is 2. The third-order valence-electron chi connectivity index (χ3n) is 2.60. The fourth-order valence-corrected chi connectivity index (χ4v) is 1.68. The molecule has 0 aliphatic carbocycles. The van der Waals surface area contributed by atoms with Gasteiger partial charge in [-0.3, -0.25) is 0 Å². The van der Waals surface area contributed by atoms with Crippen LogP contribution in [0.5, 0.6) is 0 Å². The zero-order valence-electron chi connectivity index (χ0n) is 12.4. The Morgan fingerprint density at radius 2 is 0.833 bits per heavy atom. The second-order valence-electron chi connectivity index (χ2n) is 3.54. The van der Waals surface area contributed by atoms with Crippen molar-refractivity contribution in [2.45, 2.75) is 40.5 Å². The lowest BCUT2D eigenvalue weighted by Crippen LogP contribution is -1.94. The second-order valence-corrected chi connectivity index (χ2v) is 3.54. The van der Waals surface area contributed by atoms with E-state index in [1.807, 2.05) is 27.7 Å². The minimum Gasteiger partial charge on any atom is -0.0683 e. The van der Waals surface area contributed by atoms with Crippen LogP contribution in [-0.4, -0.2) is 0 Å². The van der Waals surface area contributed by atoms with Gasteiger partial charge in [-0.25, -0.2) is 0 Å². The summed E-state index contributed by atoms with van der Waals surface area (Å²) in [5.41, 5.74) is 2.75. The van der Waals surface area contributed by atoms with Crippen LogP contribution >= 0.6 is 0 Å². The van der Waals surface area contributed by atoms with Crippen LogP contribution in [0.1, 0.15) is 51.7 Å². The molecule has 0 aliphatic rings. The smallest absolute Gasteiger partial charge is 0.00610 e. The zero-order chi connectivity index (χ0) is 13.8. The van der Waals surface area contributed by atoms with Gasteiger partial charge < -0.3 is 0 Å². The van der Waals surface area contributed by atoms with E-state index >= 15 is 0 Å². The SMILES string of the molecule is CC.CC.CC(c1ccccc1)c1ccccc1. The van der Waals surface area contributed by atoms with Crippen molar-refractivity contribution in [3.05, 3.63) is 71.8 Å². The van der Waals surface area contributed by atoms with Gasteiger partial charge in [0.25, 0.3) is 0 Å². The summed E-state index contributed by atoms with van der Waals surface area (Å²) >= 11 is 0. The van der Waals surface area contributed by atoms with Gasteiger partial charge in [0.2, 0.25) is 0 Å². The average molecular weight is 242 g/mol. The van der Waals surface area contributed by atoms with E-state index in [1.165, 1.54) is 11.1 Å². The molecule has 98 valence electrons. The van der Waals surface area contributed by atoms with Gasteiger partial charge in [0.15, 0.2) is 0 Å². The van der Waals surface area contributed by atoms with E-state index < -0.39 is 0 Å². The minimum absolute atomic E-state index is 0.484. The van der Waals surface area contributed by atoms with Crippen molar-refractivity contribution in [1.82, 2.24) is 0 Å². The maximum absolute atomic E-state index is 2.24. The molecule has 2 rings (SSSR count). The van der Waals surface area contributed by atoms with Crippen LogP contribution < -0.4 is 0 Å². The molecule has 0 saturated heterocycles. The summed E-state index contributed by atoms with van der Waals surface area (Å²) in [4.78, 5) is 0. The Balaban J connectivity index is 0.000000659. The largest absolute Gasteiger partial charge is 0.0683 e. The van der Waals surface area contributed by atoms with Gasteiger partial charge in [0, 0.05) is 5.92 Å². The third kappa shape index (κ3) is 5.18. The quantitative estimate of drug-likeness (QED) is 0.616. The number of hydrogen-bond donors (Lipinski definition) is 0. The van der Waals surface area contributed by atoms with E-state index in [0.717, 1.165) is 0 Å². The number of benzene rings is 2. The molecule has 0 atom stereocenters. The van der Waals surface area contributed by atoms with Crippen LogP contribution in [0.2, 0.25) is 0 Å². The average Bonchev–Trinajstić information content (AvgIpc) is 2.52. The summed E-state index contributed by atoms with van der Waals surface area (Å²) in [6, 6.07) is 21.2. The van der Waals surface area contributed by atoms with Crippen molar-refractivity contribution in [3.8, 4) is 0 Å². The molecule has 0 spiro atoms. The highest BCUT2D eigenvalue weighted by Crippen LogP contribution is 2.22. The van der Waals surface area contributed by atoms with Gasteiger partial charge in [-0.1, -0.05) is 95.3 Å². The monoisotopic (exact) mass is 242 g/mol. The van der Waals surface area contributed by atoms with E-state index in [-0.39, 0.29) is 0 Å². The molecule has 0 bridgehead atoms. The molecular formula is C18H26. The number of hydrogen-bond acceptors (Lipinski definition) is 0. The van der Waals surface area contributed by atoms with Crippen molar-refractivity contribution in [2.24, 2.45) is 0 Å². The Labute approximate surface area is 113 Å². The predicted octanol–water partition coefficient (Wildman–Crippen LogP) is 5.89. The molecule has 0 radical (unpaired) electrons. The first-order chi connectivity index (χ1) is 8.88. The molecule has 2 aromatic rings. The van der Waals surface area contributed by atoms with Gasteiger partial charge in [-0.15, -0.1) is 0 Å². The highest BCUT2D eigenvalue weighted by atomic mass is 14.1. The maximum atomic E-state index is 2.24. The lowest BCUT2D eigenvalue weighted by atomic mass is 9.93. The summed E-state index contributed by atoms with van der Waals surface area (Å²) in [7, 11) is 0. The molecular weight excluding hydrogens is 216 g/mol. The second kappa shape index (κ2) is 10.6. The standard InChI is InChI=1S/C14H14.2C2H6/c1-12(13-8-4-2-5-9-13)14-10-6-3-7-11-14;2*1-2/h2-12H,1H3;2*1-2H3. The van der Waals surface area contributed by atoms with Crippen molar-refractivity contribution in [2.75, 3.05) is 0 Å². The highest BCUT2D eigenvalue weighted by molar-refractivity contribution is 5.31. The first kappa shape index (κ1) is 16.4. The summed E-state index contributed by atoms with van der Waals surface area (Å²) in [6.07, 6.45) is 0. The molecule has 0 unspecified atom stereocenters. The summed E-state index contributed by atoms with van der Waals surface area (Å²) in [6.45, 7) is 10.2. The fraction of sp³-hybridized carbons (Fsp3) is 0.333. The fourth-order valence-electron chi connectivity index (χ4n) is 1.68. The Hall–Kier alpha value is -1.56. The zero-order valence-corrected chi connectivity index (χ0v) is 12.4. The van der Waals surface area contributed by atoms with Gasteiger partial charge in [0.05, 0.1) is 0 Å². The minimum atomic E-state index is 0.484. The van der Waals surface area contributed by atoms with E-state index in [2.05, 4.69) is 67.6 Å². The Morgan fingerprint density at radius 1 is 0.556 bits per heavy atom. The molecule has 0 saturated carbocycles. The van der Waals surface area contributed by atoms with Gasteiger partial charge in [0.1, 0.15) is 0 Å². The molecule has 0 nitrogen and oxygen atoms in total. The summed E-state index contributed by atoms with van der Waals surface area (Å²) in [5, 5.41) is 0. The molecule has 0 fully saturated rings. The topological polar surface area (TPSA) is 0 Å². The molecule has 0 amide bonds. The first-order valence-electron chi connectivity index (χ1n) is 6.98. The van der Waals surface area contributed by atoms with E-state index in [1.54, 1.807) is 0 Å². The molecule has 18 heavy (non-hydrogen) atoms. The normalized spacial score (nSPS) is 8.78. The van der Waals surface area contributed by atoms with Gasteiger partial charge in [-0.2, -0.15) is 0 Å². The van der Waals surface area contributed by atoms with E-state index in [4.69, 9.17) is 0 Å². The van der Waals surface area contributed by atoms with Gasteiger partial charge >= 0.3 is 0 Å². The lowest BCUT2D eigenvalue weighted by molar-refractivity contribution is 0.922. The van der Waals surface area contributed by atoms with Crippen LogP contribution in [0.15, 0.2) is 60.7 Å². The van der Waals surface area contributed by atoms with Crippen molar-refractivity contribution in [1.29, 1.82) is 0 Å². The van der Waals surface area contributed by atoms with Crippen molar-refractivity contribution < 1.29 is 0 Å². The van der Waals surface area contributed by atoms with Crippen molar-refractivity contribution >= 4 is 0 Å². The Bertz CT molecular complexity index is 336. The molecule has 0 N–H and O–H groups in total. The van der Waals surface area contributed by atoms with E-state index in [0.29, 0.717) is 5.92 Å². The van der Waals surface area contributed by atoms with Crippen LogP contribution in [0.25, 0.3) is 0 Å². The maximum Gasteiger partial charge on any atom is 0.00610 e. The lowest BCUT2D eigenvalue weighted by Gasteiger charge is -2.11. The van der Waals surface area contributed by atoms with Gasteiger partial charge in [-0.05, 0) is 11.1 Å². The van der Waals surface area contributed by atoms with E-state index in [9.17, 15) is 0 Å². The molecule has 0 aromatic heterocycles. The summed E-state index contributed by atoms with van der Waals surface area (Å²) in [5.74, 6) is 0.484.